The standard InChI is InChI=1S/C39H20F5NS/c40-34-33(35(41)37(43)38(44)36(34)42)30-18-17-27(28-5-1-2-6-29(28)30)26-16-15-24-19-23(13-14-25(24)20-26)21-9-11-22(12-10-21)39-45-31-7-3-4-8-32(31)46-39/h1-20H. The minimum absolute atomic E-state index is 0.0771. The number of fused-ring (bicyclic) bond motifs is 3. The summed E-state index contributed by atoms with van der Waals surface area (Å²) in [5, 5.41) is 3.98. The molecule has 222 valence electrons. The van der Waals surface area contributed by atoms with Gasteiger partial charge >= 0.3 is 0 Å². The number of hydrogen-bond acceptors (Lipinski definition) is 2. The topological polar surface area (TPSA) is 12.9 Å². The van der Waals surface area contributed by atoms with Crippen LogP contribution in [0.15, 0.2) is 121 Å². The molecule has 46 heavy (non-hydrogen) atoms. The van der Waals surface area contributed by atoms with Crippen LogP contribution in [0, 0.1) is 29.1 Å². The largest absolute Gasteiger partial charge is 0.236 e. The first-order valence-corrected chi connectivity index (χ1v) is 15.2. The third-order valence-corrected chi connectivity index (χ3v) is 9.40. The molecule has 0 aliphatic heterocycles. The average molecular weight is 630 g/mol. The molecule has 1 aromatic heterocycles. The predicted molar refractivity (Wildman–Crippen MR) is 176 cm³/mol. The smallest absolute Gasteiger partial charge is 0.200 e. The van der Waals surface area contributed by atoms with Gasteiger partial charge < -0.3 is 0 Å². The van der Waals surface area contributed by atoms with Gasteiger partial charge in [-0.2, -0.15) is 0 Å². The molecule has 0 N–H and O–H groups in total. The van der Waals surface area contributed by atoms with E-state index in [0.29, 0.717) is 10.8 Å². The van der Waals surface area contributed by atoms with Crippen molar-refractivity contribution in [2.45, 2.75) is 0 Å². The van der Waals surface area contributed by atoms with Crippen molar-refractivity contribution in [3.8, 4) is 44.0 Å². The van der Waals surface area contributed by atoms with Crippen LogP contribution in [0.1, 0.15) is 0 Å². The van der Waals surface area contributed by atoms with Crippen LogP contribution in [0.2, 0.25) is 0 Å². The quantitative estimate of drug-likeness (QED) is 0.107. The second-order valence-electron chi connectivity index (χ2n) is 11.0. The van der Waals surface area contributed by atoms with Crippen molar-refractivity contribution in [2.75, 3.05) is 0 Å². The van der Waals surface area contributed by atoms with Crippen molar-refractivity contribution >= 4 is 43.1 Å². The van der Waals surface area contributed by atoms with Crippen LogP contribution in [-0.2, 0) is 0 Å². The first-order chi connectivity index (χ1) is 22.4. The van der Waals surface area contributed by atoms with E-state index in [-0.39, 0.29) is 5.56 Å². The van der Waals surface area contributed by atoms with E-state index in [1.165, 1.54) is 6.07 Å². The molecule has 0 aliphatic rings. The summed E-state index contributed by atoms with van der Waals surface area (Å²) in [6, 6.07) is 38.5. The minimum atomic E-state index is -2.18. The molecule has 0 amide bonds. The maximum Gasteiger partial charge on any atom is 0.200 e. The molecular weight excluding hydrogens is 609 g/mol. The number of rotatable bonds is 4. The Morgan fingerprint density at radius 1 is 0.435 bits per heavy atom. The van der Waals surface area contributed by atoms with Gasteiger partial charge in [-0.1, -0.05) is 97.1 Å². The Morgan fingerprint density at radius 2 is 0.957 bits per heavy atom. The molecule has 0 fully saturated rings. The summed E-state index contributed by atoms with van der Waals surface area (Å²) in [6.45, 7) is 0. The minimum Gasteiger partial charge on any atom is -0.236 e. The van der Waals surface area contributed by atoms with Crippen molar-refractivity contribution in [3.05, 3.63) is 150 Å². The third kappa shape index (κ3) is 4.54. The normalized spacial score (nSPS) is 11.6. The number of thiazole rings is 1. The maximum absolute atomic E-state index is 14.8. The lowest BCUT2D eigenvalue weighted by molar-refractivity contribution is 0.381. The molecule has 1 nitrogen and oxygen atoms in total. The molecule has 7 heteroatoms. The van der Waals surface area contributed by atoms with E-state index in [0.717, 1.165) is 53.8 Å². The molecule has 7 aromatic carbocycles. The molecule has 8 rings (SSSR count). The van der Waals surface area contributed by atoms with Gasteiger partial charge in [0.25, 0.3) is 0 Å². The highest BCUT2D eigenvalue weighted by molar-refractivity contribution is 7.21. The van der Waals surface area contributed by atoms with Gasteiger partial charge in [0.1, 0.15) is 5.01 Å². The number of hydrogen-bond donors (Lipinski definition) is 0. The van der Waals surface area contributed by atoms with Gasteiger partial charge in [0.2, 0.25) is 5.82 Å². The summed E-state index contributed by atoms with van der Waals surface area (Å²) in [4.78, 5) is 4.76. The van der Waals surface area contributed by atoms with Gasteiger partial charge in [0.05, 0.1) is 15.8 Å². The zero-order chi connectivity index (χ0) is 31.5. The molecule has 0 radical (unpaired) electrons. The lowest BCUT2D eigenvalue weighted by atomic mass is 9.90. The van der Waals surface area contributed by atoms with E-state index in [9.17, 15) is 22.0 Å². The number of nitrogens with zero attached hydrogens (tertiary/aromatic N) is 1. The maximum atomic E-state index is 14.8. The van der Waals surface area contributed by atoms with E-state index in [2.05, 4.69) is 42.5 Å². The van der Waals surface area contributed by atoms with Gasteiger partial charge in [-0.25, -0.2) is 26.9 Å². The van der Waals surface area contributed by atoms with Crippen LogP contribution in [0.5, 0.6) is 0 Å². The number of para-hydroxylation sites is 1. The van der Waals surface area contributed by atoms with E-state index in [1.807, 2.05) is 42.5 Å². The van der Waals surface area contributed by atoms with Gasteiger partial charge in [0.15, 0.2) is 23.3 Å². The highest BCUT2D eigenvalue weighted by Gasteiger charge is 2.27. The summed E-state index contributed by atoms with van der Waals surface area (Å²) in [5.74, 6) is -9.84. The first-order valence-electron chi connectivity index (χ1n) is 14.4. The monoisotopic (exact) mass is 629 g/mol. The molecule has 0 atom stereocenters. The Labute approximate surface area is 263 Å². The summed E-state index contributed by atoms with van der Waals surface area (Å²) in [5.41, 5.74) is 4.78. The van der Waals surface area contributed by atoms with Crippen molar-refractivity contribution in [3.63, 3.8) is 0 Å². The van der Waals surface area contributed by atoms with E-state index >= 15 is 0 Å². The van der Waals surface area contributed by atoms with Crippen molar-refractivity contribution in [1.82, 2.24) is 4.98 Å². The summed E-state index contributed by atoms with van der Waals surface area (Å²) in [7, 11) is 0. The molecule has 0 bridgehead atoms. The molecule has 0 unspecified atom stereocenters. The molecule has 8 aromatic rings. The first kappa shape index (κ1) is 28.1. The zero-order valence-electron chi connectivity index (χ0n) is 23.8. The highest BCUT2D eigenvalue weighted by atomic mass is 32.1. The Hall–Kier alpha value is -5.40. The Balaban J connectivity index is 1.15. The van der Waals surface area contributed by atoms with E-state index in [1.54, 1.807) is 41.7 Å². The summed E-state index contributed by atoms with van der Waals surface area (Å²) in [6.07, 6.45) is 0. The summed E-state index contributed by atoms with van der Waals surface area (Å²) >= 11 is 1.67. The van der Waals surface area contributed by atoms with Gasteiger partial charge in [-0.05, 0) is 73.6 Å². The third-order valence-electron chi connectivity index (χ3n) is 8.31. The lowest BCUT2D eigenvalue weighted by Crippen LogP contribution is -2.04. The van der Waals surface area contributed by atoms with Gasteiger partial charge in [-0.3, -0.25) is 0 Å². The second kappa shape index (κ2) is 10.9. The molecule has 0 saturated heterocycles. The number of halogens is 5. The lowest BCUT2D eigenvalue weighted by Gasteiger charge is -2.15. The van der Waals surface area contributed by atoms with Gasteiger partial charge in [0, 0.05) is 5.56 Å². The molecular formula is C39H20F5NS. The van der Waals surface area contributed by atoms with Crippen LogP contribution >= 0.6 is 11.3 Å². The van der Waals surface area contributed by atoms with E-state index in [4.69, 9.17) is 4.98 Å². The predicted octanol–water partition coefficient (Wildman–Crippen LogP) is 12.0. The fourth-order valence-electron chi connectivity index (χ4n) is 6.00. The molecule has 0 aliphatic carbocycles. The number of aromatic nitrogens is 1. The molecule has 0 saturated carbocycles. The Bertz CT molecular complexity index is 2420. The zero-order valence-corrected chi connectivity index (χ0v) is 24.6. The van der Waals surface area contributed by atoms with Crippen LogP contribution in [0.4, 0.5) is 22.0 Å². The SMILES string of the molecule is Fc1c(F)c(F)c(-c2ccc(-c3ccc4cc(-c5ccc(-c6nc7ccccc7s6)cc5)ccc4c3)c3ccccc23)c(F)c1F. The van der Waals surface area contributed by atoms with Crippen molar-refractivity contribution in [2.24, 2.45) is 0 Å². The van der Waals surface area contributed by atoms with Gasteiger partial charge in [-0.15, -0.1) is 11.3 Å². The molecule has 0 spiro atoms. The summed E-state index contributed by atoms with van der Waals surface area (Å²) < 4.78 is 72.6. The fraction of sp³-hybridized carbons (Fsp3) is 0. The number of benzene rings is 7. The highest BCUT2D eigenvalue weighted by Crippen LogP contribution is 2.40. The second-order valence-corrected chi connectivity index (χ2v) is 12.0. The van der Waals surface area contributed by atoms with Crippen molar-refractivity contribution in [1.29, 1.82) is 0 Å². The van der Waals surface area contributed by atoms with E-state index < -0.39 is 34.6 Å². The Morgan fingerprint density at radius 3 is 1.65 bits per heavy atom. The van der Waals surface area contributed by atoms with Crippen LogP contribution in [0.3, 0.4) is 0 Å². The van der Waals surface area contributed by atoms with Crippen LogP contribution in [0.25, 0.3) is 75.7 Å². The molecule has 1 heterocycles. The average Bonchev–Trinajstić information content (AvgIpc) is 3.54. The Kier molecular flexibility index (Phi) is 6.65. The van der Waals surface area contributed by atoms with Crippen molar-refractivity contribution < 1.29 is 22.0 Å². The van der Waals surface area contributed by atoms with Crippen LogP contribution < -0.4 is 0 Å². The fourth-order valence-corrected chi connectivity index (χ4v) is 6.98. The van der Waals surface area contributed by atoms with Crippen LogP contribution in [-0.4, -0.2) is 4.98 Å².